The molecule has 2 aliphatic rings. The lowest BCUT2D eigenvalue weighted by atomic mass is 10.0. The minimum absolute atomic E-state index is 0.0376. The van der Waals surface area contributed by atoms with Gasteiger partial charge < -0.3 is 9.88 Å². The van der Waals surface area contributed by atoms with E-state index in [1.54, 1.807) is 34.9 Å². The average molecular weight is 523 g/mol. The molecule has 12 heteroatoms. The van der Waals surface area contributed by atoms with Gasteiger partial charge in [-0.1, -0.05) is 18.9 Å². The minimum Gasteiger partial charge on any atom is -0.370 e. The van der Waals surface area contributed by atoms with E-state index in [1.807, 2.05) is 13.1 Å². The van der Waals surface area contributed by atoms with Crippen LogP contribution in [0.4, 0.5) is 24.8 Å². The SMILES string of the molecule is Cn1cnnc1-c1cnn(C)c1-c1cc(NCCC2CC2)nc(N2Cc3c(cccc3C(F)(F)F)C2=O)c1. The zero-order valence-electron chi connectivity index (χ0n) is 20.8. The first-order valence-corrected chi connectivity index (χ1v) is 12.3. The molecule has 0 spiro atoms. The molecule has 6 rings (SSSR count). The van der Waals surface area contributed by atoms with Crippen LogP contribution in [0.15, 0.2) is 42.9 Å². The third-order valence-electron chi connectivity index (χ3n) is 7.08. The van der Waals surface area contributed by atoms with Crippen LogP contribution in [0.25, 0.3) is 22.6 Å². The zero-order valence-corrected chi connectivity index (χ0v) is 20.8. The lowest BCUT2D eigenvalue weighted by molar-refractivity contribution is -0.138. The smallest absolute Gasteiger partial charge is 0.370 e. The number of nitrogens with zero attached hydrogens (tertiary/aromatic N) is 7. The number of rotatable bonds is 7. The normalized spacial score (nSPS) is 15.3. The Labute approximate surface area is 216 Å². The van der Waals surface area contributed by atoms with Crippen molar-refractivity contribution in [1.29, 1.82) is 0 Å². The number of amides is 1. The molecule has 1 aromatic carbocycles. The Hall–Kier alpha value is -4.22. The van der Waals surface area contributed by atoms with Gasteiger partial charge in [-0.2, -0.15) is 18.3 Å². The second-order valence-corrected chi connectivity index (χ2v) is 9.77. The predicted octanol–water partition coefficient (Wildman–Crippen LogP) is 4.67. The largest absolute Gasteiger partial charge is 0.416 e. The standard InChI is InChI=1S/C26H25F3N8O/c1-35-14-31-34-24(35)18-12-32-36(2)23(18)16-10-21(30-9-8-15-6-7-15)33-22(11-16)37-13-19-17(25(37)38)4-3-5-20(19)26(27,28)29/h3-5,10-12,14-15H,6-9,13H2,1-2H3,(H,30,33). The van der Waals surface area contributed by atoms with Crippen molar-refractivity contribution in [2.24, 2.45) is 20.0 Å². The lowest BCUT2D eigenvalue weighted by Crippen LogP contribution is -2.24. The number of hydrogen-bond donors (Lipinski definition) is 1. The van der Waals surface area contributed by atoms with Crippen molar-refractivity contribution >= 4 is 17.5 Å². The van der Waals surface area contributed by atoms with Gasteiger partial charge in [0, 0.05) is 31.8 Å². The highest BCUT2D eigenvalue weighted by atomic mass is 19.4. The summed E-state index contributed by atoms with van der Waals surface area (Å²) in [5.41, 5.74) is 1.33. The van der Waals surface area contributed by atoms with Crippen LogP contribution in [-0.4, -0.2) is 42.0 Å². The molecular weight excluding hydrogens is 497 g/mol. The highest BCUT2D eigenvalue weighted by molar-refractivity contribution is 6.10. The molecule has 0 radical (unpaired) electrons. The molecule has 0 unspecified atom stereocenters. The first-order chi connectivity index (χ1) is 18.2. The summed E-state index contributed by atoms with van der Waals surface area (Å²) in [6, 6.07) is 7.27. The number of nitrogens with one attached hydrogen (secondary N) is 1. The third kappa shape index (κ3) is 4.29. The Morgan fingerprint density at radius 1 is 1.13 bits per heavy atom. The number of carbonyl (C=O) groups excluding carboxylic acids is 1. The van der Waals surface area contributed by atoms with E-state index in [2.05, 4.69) is 25.6 Å². The zero-order chi connectivity index (χ0) is 26.6. The number of alkyl halides is 3. The summed E-state index contributed by atoms with van der Waals surface area (Å²) in [7, 11) is 3.62. The van der Waals surface area contributed by atoms with E-state index >= 15 is 0 Å². The fourth-order valence-corrected chi connectivity index (χ4v) is 4.95. The van der Waals surface area contributed by atoms with E-state index < -0.39 is 17.6 Å². The van der Waals surface area contributed by atoms with Gasteiger partial charge >= 0.3 is 6.18 Å². The van der Waals surface area contributed by atoms with Gasteiger partial charge in [-0.15, -0.1) is 10.2 Å². The number of fused-ring (bicyclic) bond motifs is 1. The quantitative estimate of drug-likeness (QED) is 0.379. The molecule has 1 fully saturated rings. The van der Waals surface area contributed by atoms with Crippen LogP contribution in [-0.2, 0) is 26.8 Å². The van der Waals surface area contributed by atoms with Crippen molar-refractivity contribution in [2.75, 3.05) is 16.8 Å². The highest BCUT2D eigenvalue weighted by Gasteiger charge is 2.40. The molecule has 0 saturated heterocycles. The van der Waals surface area contributed by atoms with Crippen molar-refractivity contribution < 1.29 is 18.0 Å². The van der Waals surface area contributed by atoms with Gasteiger partial charge in [0.05, 0.1) is 29.6 Å². The Balaban J connectivity index is 1.43. The molecule has 38 heavy (non-hydrogen) atoms. The summed E-state index contributed by atoms with van der Waals surface area (Å²) in [4.78, 5) is 19.3. The topological polar surface area (TPSA) is 93.8 Å². The van der Waals surface area contributed by atoms with Gasteiger partial charge in [0.1, 0.15) is 18.0 Å². The molecule has 1 aliphatic carbocycles. The van der Waals surface area contributed by atoms with Gasteiger partial charge in [-0.05, 0) is 42.2 Å². The maximum Gasteiger partial charge on any atom is 0.416 e. The monoisotopic (exact) mass is 522 g/mol. The molecule has 4 heterocycles. The van der Waals surface area contributed by atoms with E-state index in [1.165, 1.54) is 29.9 Å². The molecule has 196 valence electrons. The van der Waals surface area contributed by atoms with Crippen LogP contribution in [0.3, 0.4) is 0 Å². The van der Waals surface area contributed by atoms with Crippen LogP contribution in [0.2, 0.25) is 0 Å². The molecule has 0 atom stereocenters. The molecule has 1 aliphatic heterocycles. The Bertz CT molecular complexity index is 1540. The molecule has 9 nitrogen and oxygen atoms in total. The number of hydrogen-bond acceptors (Lipinski definition) is 6. The van der Waals surface area contributed by atoms with Gasteiger partial charge in [0.2, 0.25) is 0 Å². The number of halogens is 3. The lowest BCUT2D eigenvalue weighted by Gasteiger charge is -2.19. The maximum absolute atomic E-state index is 13.7. The first-order valence-electron chi connectivity index (χ1n) is 12.3. The molecule has 4 aromatic rings. The highest BCUT2D eigenvalue weighted by Crippen LogP contribution is 2.40. The van der Waals surface area contributed by atoms with Crippen molar-refractivity contribution in [3.8, 4) is 22.6 Å². The Morgan fingerprint density at radius 3 is 2.66 bits per heavy atom. The molecule has 0 bridgehead atoms. The third-order valence-corrected chi connectivity index (χ3v) is 7.08. The van der Waals surface area contributed by atoms with Crippen molar-refractivity contribution in [1.82, 2.24) is 29.5 Å². The summed E-state index contributed by atoms with van der Waals surface area (Å²) in [5, 5.41) is 15.9. The van der Waals surface area contributed by atoms with Gasteiger partial charge in [0.15, 0.2) is 5.82 Å². The van der Waals surface area contributed by atoms with Crippen LogP contribution >= 0.6 is 0 Å². The molecule has 3 aromatic heterocycles. The van der Waals surface area contributed by atoms with Crippen molar-refractivity contribution in [3.05, 3.63) is 59.5 Å². The number of carbonyl (C=O) groups is 1. The fraction of sp³-hybridized carbons (Fsp3) is 0.346. The Kier molecular flexibility index (Phi) is 5.69. The molecule has 1 saturated carbocycles. The van der Waals surface area contributed by atoms with E-state index in [0.717, 1.165) is 23.7 Å². The summed E-state index contributed by atoms with van der Waals surface area (Å²) in [5.74, 6) is 1.59. The van der Waals surface area contributed by atoms with Gasteiger partial charge in [0.25, 0.3) is 5.91 Å². The fourth-order valence-electron chi connectivity index (χ4n) is 4.95. The summed E-state index contributed by atoms with van der Waals surface area (Å²) >= 11 is 0. The molecular formula is C26H25F3N8O. The second-order valence-electron chi connectivity index (χ2n) is 9.77. The predicted molar refractivity (Wildman–Crippen MR) is 134 cm³/mol. The molecule has 1 N–H and O–H groups in total. The van der Waals surface area contributed by atoms with Gasteiger partial charge in [-0.25, -0.2) is 4.98 Å². The number of aromatic nitrogens is 6. The summed E-state index contributed by atoms with van der Waals surface area (Å²) in [6.45, 7) is 0.484. The van der Waals surface area contributed by atoms with Gasteiger partial charge in [-0.3, -0.25) is 14.4 Å². The Morgan fingerprint density at radius 2 is 1.95 bits per heavy atom. The van der Waals surface area contributed by atoms with Crippen LogP contribution in [0.1, 0.15) is 40.7 Å². The van der Waals surface area contributed by atoms with E-state index in [-0.39, 0.29) is 23.5 Å². The second kappa shape index (κ2) is 8.96. The summed E-state index contributed by atoms with van der Waals surface area (Å²) in [6.07, 6.45) is 2.16. The summed E-state index contributed by atoms with van der Waals surface area (Å²) < 4.78 is 44.6. The average Bonchev–Trinajstić information content (AvgIpc) is 3.32. The van der Waals surface area contributed by atoms with E-state index in [0.29, 0.717) is 29.7 Å². The van der Waals surface area contributed by atoms with E-state index in [9.17, 15) is 18.0 Å². The van der Waals surface area contributed by atoms with Crippen molar-refractivity contribution in [2.45, 2.75) is 32.0 Å². The van der Waals surface area contributed by atoms with Crippen LogP contribution < -0.4 is 10.2 Å². The maximum atomic E-state index is 13.7. The van der Waals surface area contributed by atoms with Crippen LogP contribution in [0, 0.1) is 5.92 Å². The number of pyridine rings is 1. The minimum atomic E-state index is -4.56. The van der Waals surface area contributed by atoms with Crippen LogP contribution in [0.5, 0.6) is 0 Å². The van der Waals surface area contributed by atoms with Crippen molar-refractivity contribution in [3.63, 3.8) is 0 Å². The number of anilines is 2. The number of aryl methyl sites for hydroxylation is 2. The number of benzene rings is 1. The molecule has 1 amide bonds. The first kappa shape index (κ1) is 24.1. The van der Waals surface area contributed by atoms with E-state index in [4.69, 9.17) is 0 Å².